The first-order valence-electron chi connectivity index (χ1n) is 29.5. The number of carbonyl (C=O) groups excluding carboxylic acids is 2. The highest BCUT2D eigenvalue weighted by atomic mass is 16.6. The van der Waals surface area contributed by atoms with Gasteiger partial charge in [-0.25, -0.2) is 0 Å². The Kier molecular flexibility index (Phi) is 56.4. The summed E-state index contributed by atoms with van der Waals surface area (Å²) in [6.07, 6.45) is 76.4. The summed E-state index contributed by atoms with van der Waals surface area (Å²) in [5.74, 6) is -0.420. The van der Waals surface area contributed by atoms with Crippen molar-refractivity contribution in [1.82, 2.24) is 0 Å². The second-order valence-electron chi connectivity index (χ2n) is 19.5. The molecule has 0 aliphatic heterocycles. The summed E-state index contributed by atoms with van der Waals surface area (Å²) in [7, 11) is 0. The predicted octanol–water partition coefficient (Wildman–Crippen LogP) is 20.2. The zero-order valence-electron chi connectivity index (χ0n) is 45.4. The van der Waals surface area contributed by atoms with E-state index < -0.39 is 6.10 Å². The van der Waals surface area contributed by atoms with Crippen LogP contribution in [0.4, 0.5) is 0 Å². The number of hydrogen-bond acceptors (Lipinski definition) is 5. The lowest BCUT2D eigenvalue weighted by atomic mass is 10.0. The van der Waals surface area contributed by atoms with Gasteiger partial charge >= 0.3 is 11.9 Å². The van der Waals surface area contributed by atoms with E-state index in [2.05, 4.69) is 93.7 Å². The Morgan fingerprint density at radius 1 is 0.338 bits per heavy atom. The third-order valence-corrected chi connectivity index (χ3v) is 12.7. The van der Waals surface area contributed by atoms with E-state index in [1.54, 1.807) is 0 Å². The van der Waals surface area contributed by atoms with Crippen LogP contribution in [0.2, 0.25) is 0 Å². The third kappa shape index (κ3) is 55.9. The molecule has 0 spiro atoms. The molecule has 5 nitrogen and oxygen atoms in total. The van der Waals surface area contributed by atoms with Crippen molar-refractivity contribution in [3.8, 4) is 0 Å². The summed E-state index contributed by atoms with van der Waals surface area (Å²) in [5.41, 5.74) is 0. The molecule has 0 fully saturated rings. The molecule has 1 atom stereocenters. The van der Waals surface area contributed by atoms with Gasteiger partial charge in [-0.15, -0.1) is 0 Å². The van der Waals surface area contributed by atoms with Crippen LogP contribution in [0.1, 0.15) is 290 Å². The standard InChI is InChI=1S/C63H112O5/c1-4-7-10-13-16-19-22-25-27-29-31-33-35-37-40-43-46-49-52-55-58-66-59-61(68-63(65)57-54-51-48-45-42-38-24-21-18-15-12-9-6-3)60-67-62(64)56-53-50-47-44-41-39-36-34-32-30-28-26-23-20-17-14-11-8-5-2/h8,11-12,15,17,20-21,24,26,28,32,34,61H,4-7,9-10,13-14,16,18-19,22-23,25,27,29-31,33,35-60H2,1-3H3/b11-8-,15-12-,20-17-,24-21-,28-26-,34-32-. The molecule has 0 amide bonds. The maximum atomic E-state index is 12.8. The zero-order chi connectivity index (χ0) is 49.2. The molecule has 0 saturated heterocycles. The fourth-order valence-electron chi connectivity index (χ4n) is 8.36. The summed E-state index contributed by atoms with van der Waals surface area (Å²) >= 11 is 0. The zero-order valence-corrected chi connectivity index (χ0v) is 45.4. The average Bonchev–Trinajstić information content (AvgIpc) is 3.34. The molecule has 1 unspecified atom stereocenters. The van der Waals surface area contributed by atoms with Crippen molar-refractivity contribution in [3.05, 3.63) is 72.9 Å². The van der Waals surface area contributed by atoms with Gasteiger partial charge in [0.2, 0.25) is 0 Å². The van der Waals surface area contributed by atoms with Crippen molar-refractivity contribution in [2.24, 2.45) is 0 Å². The fraction of sp³-hybridized carbons (Fsp3) is 0.778. The Labute approximate surface area is 423 Å². The monoisotopic (exact) mass is 949 g/mol. The molecule has 394 valence electrons. The SMILES string of the molecule is CC/C=C\C/C=C\C/C=C\C/C=C\CCCCCCCCC(=O)OCC(COCCCCCCCCCCCCCCCCCCCCCC)OC(=O)CCCCCCC/C=C\C/C=C\CCC. The van der Waals surface area contributed by atoms with Gasteiger partial charge in [0.1, 0.15) is 6.61 Å². The third-order valence-electron chi connectivity index (χ3n) is 12.7. The van der Waals surface area contributed by atoms with E-state index in [0.29, 0.717) is 19.4 Å². The van der Waals surface area contributed by atoms with Gasteiger partial charge < -0.3 is 14.2 Å². The first-order valence-corrected chi connectivity index (χ1v) is 29.5. The first kappa shape index (κ1) is 65.3. The number of esters is 2. The Morgan fingerprint density at radius 2 is 0.691 bits per heavy atom. The van der Waals surface area contributed by atoms with Crippen LogP contribution in [0.25, 0.3) is 0 Å². The minimum Gasteiger partial charge on any atom is -0.462 e. The number of rotatable bonds is 54. The molecule has 0 heterocycles. The Morgan fingerprint density at radius 3 is 1.12 bits per heavy atom. The van der Waals surface area contributed by atoms with Crippen LogP contribution in [0.3, 0.4) is 0 Å². The van der Waals surface area contributed by atoms with Gasteiger partial charge in [0, 0.05) is 19.4 Å². The van der Waals surface area contributed by atoms with Crippen molar-refractivity contribution in [2.45, 2.75) is 297 Å². The van der Waals surface area contributed by atoms with E-state index in [-0.39, 0.29) is 25.2 Å². The molecule has 0 aromatic rings. The normalized spacial score (nSPS) is 12.7. The van der Waals surface area contributed by atoms with Crippen LogP contribution in [0.15, 0.2) is 72.9 Å². The minimum atomic E-state index is -0.551. The van der Waals surface area contributed by atoms with Gasteiger partial charge in [-0.3, -0.25) is 9.59 Å². The number of ether oxygens (including phenoxy) is 3. The molecule has 0 saturated carbocycles. The highest BCUT2D eigenvalue weighted by molar-refractivity contribution is 5.70. The summed E-state index contributed by atoms with van der Waals surface area (Å²) in [6.45, 7) is 7.66. The number of allylic oxidation sites excluding steroid dienone is 12. The molecule has 0 bridgehead atoms. The molecule has 0 aromatic heterocycles. The van der Waals surface area contributed by atoms with Crippen LogP contribution in [-0.4, -0.2) is 37.9 Å². The number of unbranched alkanes of at least 4 members (excludes halogenated alkanes) is 31. The van der Waals surface area contributed by atoms with E-state index in [1.165, 1.54) is 161 Å². The van der Waals surface area contributed by atoms with Crippen LogP contribution in [0.5, 0.6) is 0 Å². The molecule has 0 aliphatic carbocycles. The quantitative estimate of drug-likeness (QED) is 0.0345. The van der Waals surface area contributed by atoms with Crippen LogP contribution >= 0.6 is 0 Å². The summed E-state index contributed by atoms with van der Waals surface area (Å²) in [4.78, 5) is 25.5. The number of carbonyl (C=O) groups is 2. The molecule has 0 aliphatic rings. The molecule has 0 aromatic carbocycles. The molecular weight excluding hydrogens is 837 g/mol. The summed E-state index contributed by atoms with van der Waals surface area (Å²) < 4.78 is 17.5. The van der Waals surface area contributed by atoms with E-state index >= 15 is 0 Å². The number of hydrogen-bond donors (Lipinski definition) is 0. The maximum absolute atomic E-state index is 12.8. The largest absolute Gasteiger partial charge is 0.462 e. The predicted molar refractivity (Wildman–Crippen MR) is 297 cm³/mol. The van der Waals surface area contributed by atoms with Gasteiger partial charge in [-0.2, -0.15) is 0 Å². The molecule has 0 rings (SSSR count). The van der Waals surface area contributed by atoms with Gasteiger partial charge in [0.05, 0.1) is 6.61 Å². The van der Waals surface area contributed by atoms with Gasteiger partial charge in [-0.1, -0.05) is 267 Å². The van der Waals surface area contributed by atoms with Crippen molar-refractivity contribution < 1.29 is 23.8 Å². The van der Waals surface area contributed by atoms with E-state index in [1.807, 2.05) is 0 Å². The lowest BCUT2D eigenvalue weighted by molar-refractivity contribution is -0.163. The summed E-state index contributed by atoms with van der Waals surface area (Å²) in [5, 5.41) is 0. The second-order valence-corrected chi connectivity index (χ2v) is 19.5. The van der Waals surface area contributed by atoms with Crippen molar-refractivity contribution >= 4 is 11.9 Å². The lowest BCUT2D eigenvalue weighted by Crippen LogP contribution is -2.30. The highest BCUT2D eigenvalue weighted by Crippen LogP contribution is 2.16. The lowest BCUT2D eigenvalue weighted by Gasteiger charge is -2.18. The Balaban J connectivity index is 4.25. The van der Waals surface area contributed by atoms with E-state index in [9.17, 15) is 9.59 Å². The van der Waals surface area contributed by atoms with Gasteiger partial charge in [0.15, 0.2) is 6.10 Å². The molecular formula is C63H112O5. The molecule has 68 heavy (non-hydrogen) atoms. The van der Waals surface area contributed by atoms with Crippen LogP contribution in [-0.2, 0) is 23.8 Å². The topological polar surface area (TPSA) is 61.8 Å². The van der Waals surface area contributed by atoms with Gasteiger partial charge in [0.25, 0.3) is 0 Å². The molecule has 0 N–H and O–H groups in total. The minimum absolute atomic E-state index is 0.0725. The van der Waals surface area contributed by atoms with E-state index in [4.69, 9.17) is 14.2 Å². The summed E-state index contributed by atoms with van der Waals surface area (Å²) in [6, 6.07) is 0. The Hall–Kier alpha value is -2.66. The molecule has 0 radical (unpaired) electrons. The van der Waals surface area contributed by atoms with Crippen LogP contribution in [0, 0.1) is 0 Å². The average molecular weight is 950 g/mol. The molecule has 5 heteroatoms. The maximum Gasteiger partial charge on any atom is 0.306 e. The fourth-order valence-corrected chi connectivity index (χ4v) is 8.36. The van der Waals surface area contributed by atoms with E-state index in [0.717, 1.165) is 96.3 Å². The van der Waals surface area contributed by atoms with Gasteiger partial charge in [-0.05, 0) is 83.5 Å². The Bertz CT molecular complexity index is 1210. The van der Waals surface area contributed by atoms with Crippen molar-refractivity contribution in [2.75, 3.05) is 19.8 Å². The highest BCUT2D eigenvalue weighted by Gasteiger charge is 2.17. The smallest absolute Gasteiger partial charge is 0.306 e. The van der Waals surface area contributed by atoms with Crippen molar-refractivity contribution in [3.63, 3.8) is 0 Å². The van der Waals surface area contributed by atoms with Crippen molar-refractivity contribution in [1.29, 1.82) is 0 Å². The first-order chi connectivity index (χ1) is 33.6. The second kappa shape index (κ2) is 58.7. The van der Waals surface area contributed by atoms with Crippen LogP contribution < -0.4 is 0 Å².